The summed E-state index contributed by atoms with van der Waals surface area (Å²) in [5.74, 6) is -0.0322. The fourth-order valence-corrected chi connectivity index (χ4v) is 1.63. The molecule has 1 amide bonds. The van der Waals surface area contributed by atoms with Gasteiger partial charge in [0.2, 0.25) is 5.91 Å². The van der Waals surface area contributed by atoms with Gasteiger partial charge in [-0.3, -0.25) is 4.79 Å². The maximum Gasteiger partial charge on any atom is 0.224 e. The molecule has 4 nitrogen and oxygen atoms in total. The van der Waals surface area contributed by atoms with Gasteiger partial charge in [-0.25, -0.2) is 0 Å². The zero-order valence-electron chi connectivity index (χ0n) is 10.7. The molecule has 1 rings (SSSR count). The second-order valence-electron chi connectivity index (χ2n) is 4.04. The maximum atomic E-state index is 11.7. The first-order valence-electron chi connectivity index (χ1n) is 5.74. The molecule has 18 heavy (non-hydrogen) atoms. The van der Waals surface area contributed by atoms with Crippen LogP contribution in [0.3, 0.4) is 0 Å². The van der Waals surface area contributed by atoms with Crippen molar-refractivity contribution in [3.05, 3.63) is 29.3 Å². The van der Waals surface area contributed by atoms with E-state index in [4.69, 9.17) is 22.7 Å². The topological polar surface area (TPSA) is 64.3 Å². The number of nitrogens with two attached hydrogens (primary N) is 1. The van der Waals surface area contributed by atoms with E-state index in [1.54, 1.807) is 13.2 Å². The van der Waals surface area contributed by atoms with Crippen LogP contribution in [0.4, 0.5) is 5.69 Å². The van der Waals surface area contributed by atoms with Gasteiger partial charge in [-0.15, -0.1) is 0 Å². The number of benzene rings is 1. The van der Waals surface area contributed by atoms with Gasteiger partial charge >= 0.3 is 0 Å². The standard InChI is InChI=1S/C13H18N2O2S/c1-9-5-6-10(13(14)18)8-11(9)15-12(16)4-3-7-17-2/h5-6,8H,3-4,7H2,1-2H3,(H2,14,18)(H,15,16). The molecular weight excluding hydrogens is 248 g/mol. The molecule has 5 heteroatoms. The van der Waals surface area contributed by atoms with Gasteiger partial charge in [-0.1, -0.05) is 24.4 Å². The Bertz CT molecular complexity index is 447. The highest BCUT2D eigenvalue weighted by molar-refractivity contribution is 7.80. The Kier molecular flexibility index (Phi) is 5.74. The second-order valence-corrected chi connectivity index (χ2v) is 4.48. The minimum atomic E-state index is -0.0322. The average Bonchev–Trinajstić information content (AvgIpc) is 2.32. The first kappa shape index (κ1) is 14.6. The summed E-state index contributed by atoms with van der Waals surface area (Å²) in [7, 11) is 1.62. The third kappa shape index (κ3) is 4.43. The number of hydrogen-bond donors (Lipinski definition) is 2. The molecule has 0 aliphatic heterocycles. The molecule has 0 bridgehead atoms. The molecule has 1 aromatic rings. The van der Waals surface area contributed by atoms with Gasteiger partial charge in [0.15, 0.2) is 0 Å². The van der Waals surface area contributed by atoms with E-state index < -0.39 is 0 Å². The molecule has 0 atom stereocenters. The Labute approximate surface area is 113 Å². The van der Waals surface area contributed by atoms with Crippen LogP contribution in [0.1, 0.15) is 24.0 Å². The van der Waals surface area contributed by atoms with Crippen LogP contribution in [0.2, 0.25) is 0 Å². The lowest BCUT2D eigenvalue weighted by Gasteiger charge is -2.10. The molecule has 0 aliphatic carbocycles. The Morgan fingerprint density at radius 3 is 2.83 bits per heavy atom. The number of anilines is 1. The minimum Gasteiger partial charge on any atom is -0.389 e. The fraction of sp³-hybridized carbons (Fsp3) is 0.385. The van der Waals surface area contributed by atoms with Crippen molar-refractivity contribution >= 4 is 28.8 Å². The summed E-state index contributed by atoms with van der Waals surface area (Å²) >= 11 is 4.91. The summed E-state index contributed by atoms with van der Waals surface area (Å²) in [4.78, 5) is 12.0. The van der Waals surface area contributed by atoms with Crippen LogP contribution in [-0.2, 0) is 9.53 Å². The summed E-state index contributed by atoms with van der Waals surface area (Å²) in [6.07, 6.45) is 1.14. The highest BCUT2D eigenvalue weighted by Crippen LogP contribution is 2.17. The van der Waals surface area contributed by atoms with Crippen LogP contribution in [0.25, 0.3) is 0 Å². The Balaban J connectivity index is 2.68. The van der Waals surface area contributed by atoms with Crippen molar-refractivity contribution in [1.82, 2.24) is 0 Å². The molecule has 3 N–H and O–H groups in total. The number of carbonyl (C=O) groups excluding carboxylic acids is 1. The quantitative estimate of drug-likeness (QED) is 0.610. The van der Waals surface area contributed by atoms with Crippen LogP contribution in [0.15, 0.2) is 18.2 Å². The van der Waals surface area contributed by atoms with Gasteiger partial charge in [0.25, 0.3) is 0 Å². The second kappa shape index (κ2) is 7.08. The van der Waals surface area contributed by atoms with Crippen LogP contribution in [-0.4, -0.2) is 24.6 Å². The molecule has 0 radical (unpaired) electrons. The smallest absolute Gasteiger partial charge is 0.224 e. The molecular formula is C13H18N2O2S. The van der Waals surface area contributed by atoms with Crippen molar-refractivity contribution in [2.24, 2.45) is 5.73 Å². The zero-order valence-corrected chi connectivity index (χ0v) is 11.5. The molecule has 0 spiro atoms. The van der Waals surface area contributed by atoms with E-state index in [0.29, 0.717) is 24.4 Å². The monoisotopic (exact) mass is 266 g/mol. The van der Waals surface area contributed by atoms with Crippen molar-refractivity contribution < 1.29 is 9.53 Å². The number of methoxy groups -OCH3 is 1. The molecule has 0 aliphatic rings. The number of amides is 1. The lowest BCUT2D eigenvalue weighted by molar-refractivity contribution is -0.116. The lowest BCUT2D eigenvalue weighted by Crippen LogP contribution is -2.15. The lowest BCUT2D eigenvalue weighted by atomic mass is 10.1. The van der Waals surface area contributed by atoms with E-state index >= 15 is 0 Å². The highest BCUT2D eigenvalue weighted by Gasteiger charge is 2.06. The molecule has 0 aromatic heterocycles. The number of aryl methyl sites for hydroxylation is 1. The van der Waals surface area contributed by atoms with Gasteiger partial charge < -0.3 is 15.8 Å². The molecule has 0 heterocycles. The van der Waals surface area contributed by atoms with E-state index in [9.17, 15) is 4.79 Å². The van der Waals surface area contributed by atoms with E-state index in [0.717, 1.165) is 16.8 Å². The largest absolute Gasteiger partial charge is 0.389 e. The predicted octanol–water partition coefficient (Wildman–Crippen LogP) is 1.99. The summed E-state index contributed by atoms with van der Waals surface area (Å²) in [5.41, 5.74) is 8.05. The Hall–Kier alpha value is -1.46. The molecule has 0 unspecified atom stereocenters. The van der Waals surface area contributed by atoms with Crippen LogP contribution in [0, 0.1) is 6.92 Å². The number of carbonyl (C=O) groups is 1. The number of hydrogen-bond acceptors (Lipinski definition) is 3. The van der Waals surface area contributed by atoms with Crippen molar-refractivity contribution in [2.75, 3.05) is 19.0 Å². The van der Waals surface area contributed by atoms with Crippen LogP contribution in [0.5, 0.6) is 0 Å². The zero-order chi connectivity index (χ0) is 13.5. The molecule has 1 aromatic carbocycles. The molecule has 0 fully saturated rings. The third-order valence-corrected chi connectivity index (χ3v) is 2.78. The minimum absolute atomic E-state index is 0.0322. The van der Waals surface area contributed by atoms with E-state index in [2.05, 4.69) is 5.32 Å². The predicted molar refractivity (Wildman–Crippen MR) is 76.8 cm³/mol. The number of rotatable bonds is 6. The fourth-order valence-electron chi connectivity index (χ4n) is 1.50. The Morgan fingerprint density at radius 2 is 2.22 bits per heavy atom. The highest BCUT2D eigenvalue weighted by atomic mass is 32.1. The molecule has 0 saturated carbocycles. The van der Waals surface area contributed by atoms with Gasteiger partial charge in [-0.2, -0.15) is 0 Å². The normalized spacial score (nSPS) is 10.1. The Morgan fingerprint density at radius 1 is 1.50 bits per heavy atom. The molecule has 0 saturated heterocycles. The van der Waals surface area contributed by atoms with Crippen molar-refractivity contribution in [3.8, 4) is 0 Å². The van der Waals surface area contributed by atoms with Crippen LogP contribution < -0.4 is 11.1 Å². The summed E-state index contributed by atoms with van der Waals surface area (Å²) in [6.45, 7) is 2.51. The SMILES string of the molecule is COCCCC(=O)Nc1cc(C(N)=S)ccc1C. The van der Waals surface area contributed by atoms with Gasteiger partial charge in [0.05, 0.1) is 0 Å². The average molecular weight is 266 g/mol. The van der Waals surface area contributed by atoms with Gasteiger partial charge in [0.1, 0.15) is 4.99 Å². The maximum absolute atomic E-state index is 11.7. The first-order valence-corrected chi connectivity index (χ1v) is 6.14. The van der Waals surface area contributed by atoms with Crippen molar-refractivity contribution in [2.45, 2.75) is 19.8 Å². The number of ether oxygens (including phenoxy) is 1. The van der Waals surface area contributed by atoms with Crippen molar-refractivity contribution in [1.29, 1.82) is 0 Å². The summed E-state index contributed by atoms with van der Waals surface area (Å²) in [5, 5.41) is 2.85. The number of thiocarbonyl (C=S) groups is 1. The number of nitrogens with one attached hydrogen (secondary N) is 1. The van der Waals surface area contributed by atoms with Crippen molar-refractivity contribution in [3.63, 3.8) is 0 Å². The van der Waals surface area contributed by atoms with E-state index in [-0.39, 0.29) is 5.91 Å². The third-order valence-electron chi connectivity index (χ3n) is 2.55. The molecule has 98 valence electrons. The van der Waals surface area contributed by atoms with Gasteiger partial charge in [-0.05, 0) is 25.0 Å². The first-order chi connectivity index (χ1) is 8.54. The summed E-state index contributed by atoms with van der Waals surface area (Å²) < 4.78 is 4.90. The summed E-state index contributed by atoms with van der Waals surface area (Å²) in [6, 6.07) is 5.53. The van der Waals surface area contributed by atoms with Crippen LogP contribution >= 0.6 is 12.2 Å². The van der Waals surface area contributed by atoms with E-state index in [1.165, 1.54) is 0 Å². The van der Waals surface area contributed by atoms with Gasteiger partial charge in [0, 0.05) is 31.4 Å². The van der Waals surface area contributed by atoms with E-state index in [1.807, 2.05) is 19.1 Å².